The summed E-state index contributed by atoms with van der Waals surface area (Å²) >= 11 is 1.34. The molecule has 0 saturated carbocycles. The Morgan fingerprint density at radius 1 is 1.90 bits per heavy atom. The van der Waals surface area contributed by atoms with Gasteiger partial charge in [0.1, 0.15) is 0 Å². The lowest BCUT2D eigenvalue weighted by atomic mass is 10.3. The Hall–Kier alpha value is -0.710. The topological polar surface area (TPSA) is 66.4 Å². The smallest absolute Gasteiger partial charge is 0.305 e. The van der Waals surface area contributed by atoms with Gasteiger partial charge >= 0.3 is 5.97 Å². The van der Waals surface area contributed by atoms with Gasteiger partial charge in [-0.15, -0.1) is 11.8 Å². The van der Waals surface area contributed by atoms with Crippen LogP contribution in [0.5, 0.6) is 0 Å². The molecule has 1 atom stereocenters. The van der Waals surface area contributed by atoms with Gasteiger partial charge in [0.15, 0.2) is 0 Å². The van der Waals surface area contributed by atoms with E-state index in [0.717, 1.165) is 0 Å². The standard InChI is InChI=1S/C5H7NO3S/c7-4(8)1-3-5(9)6-2-10-3/h3H,1-2H2,(H,6,9)(H,7,8). The van der Waals surface area contributed by atoms with Gasteiger partial charge in [-0.3, -0.25) is 9.59 Å². The minimum Gasteiger partial charge on any atom is -0.481 e. The van der Waals surface area contributed by atoms with Gasteiger partial charge in [-0.2, -0.15) is 0 Å². The van der Waals surface area contributed by atoms with Crippen molar-refractivity contribution in [3.63, 3.8) is 0 Å². The normalized spacial score (nSPS) is 24.4. The zero-order valence-electron chi connectivity index (χ0n) is 5.16. The molecule has 1 amide bonds. The second-order valence-electron chi connectivity index (χ2n) is 1.94. The lowest BCUT2D eigenvalue weighted by Gasteiger charge is -1.98. The number of carbonyl (C=O) groups excluding carboxylic acids is 1. The molecule has 1 fully saturated rings. The summed E-state index contributed by atoms with van der Waals surface area (Å²) < 4.78 is 0. The van der Waals surface area contributed by atoms with Crippen LogP contribution in [0.2, 0.25) is 0 Å². The fourth-order valence-electron chi connectivity index (χ4n) is 0.713. The van der Waals surface area contributed by atoms with E-state index in [4.69, 9.17) is 5.11 Å². The van der Waals surface area contributed by atoms with Crippen LogP contribution in [0.3, 0.4) is 0 Å². The third kappa shape index (κ3) is 1.63. The van der Waals surface area contributed by atoms with Crippen molar-refractivity contribution in [1.82, 2.24) is 5.32 Å². The van der Waals surface area contributed by atoms with Crippen LogP contribution in [0.15, 0.2) is 0 Å². The zero-order chi connectivity index (χ0) is 7.56. The van der Waals surface area contributed by atoms with E-state index in [1.807, 2.05) is 0 Å². The molecule has 0 aromatic heterocycles. The number of carbonyl (C=O) groups is 2. The van der Waals surface area contributed by atoms with E-state index in [1.165, 1.54) is 11.8 Å². The second kappa shape index (κ2) is 2.92. The van der Waals surface area contributed by atoms with Crippen molar-refractivity contribution in [2.75, 3.05) is 5.88 Å². The number of carboxylic acid groups (broad SMARTS) is 1. The van der Waals surface area contributed by atoms with Gasteiger partial charge in [0.05, 0.1) is 17.5 Å². The first kappa shape index (κ1) is 7.40. The van der Waals surface area contributed by atoms with Gasteiger partial charge in [0, 0.05) is 0 Å². The van der Waals surface area contributed by atoms with Crippen molar-refractivity contribution >= 4 is 23.6 Å². The van der Waals surface area contributed by atoms with Crippen LogP contribution in [-0.4, -0.2) is 28.1 Å². The lowest BCUT2D eigenvalue weighted by molar-refractivity contribution is -0.138. The first-order chi connectivity index (χ1) is 4.70. The average molecular weight is 161 g/mol. The summed E-state index contributed by atoms with van der Waals surface area (Å²) in [6, 6.07) is 0. The summed E-state index contributed by atoms with van der Waals surface area (Å²) in [6.45, 7) is 0. The molecular formula is C5H7NO3S. The molecule has 2 N–H and O–H groups in total. The molecule has 0 aliphatic carbocycles. The largest absolute Gasteiger partial charge is 0.481 e. The molecule has 4 nitrogen and oxygen atoms in total. The number of nitrogens with one attached hydrogen (secondary N) is 1. The summed E-state index contributed by atoms with van der Waals surface area (Å²) in [4.78, 5) is 20.8. The number of hydrogen-bond acceptors (Lipinski definition) is 3. The molecular weight excluding hydrogens is 154 g/mol. The summed E-state index contributed by atoms with van der Waals surface area (Å²) in [7, 11) is 0. The maximum absolute atomic E-state index is 10.7. The number of thioether (sulfide) groups is 1. The molecule has 1 aliphatic rings. The fourth-order valence-corrected chi connectivity index (χ4v) is 1.64. The highest BCUT2D eigenvalue weighted by Crippen LogP contribution is 2.18. The number of aliphatic carboxylic acids is 1. The lowest BCUT2D eigenvalue weighted by Crippen LogP contribution is -2.24. The Labute approximate surface area is 62.0 Å². The van der Waals surface area contributed by atoms with Crippen LogP contribution in [0.25, 0.3) is 0 Å². The highest BCUT2D eigenvalue weighted by Gasteiger charge is 2.26. The molecule has 0 aromatic carbocycles. The number of hydrogen-bond donors (Lipinski definition) is 2. The molecule has 1 aliphatic heterocycles. The van der Waals surface area contributed by atoms with Crippen LogP contribution in [0.4, 0.5) is 0 Å². The summed E-state index contributed by atoms with van der Waals surface area (Å²) in [5, 5.41) is 10.5. The minimum absolute atomic E-state index is 0.0729. The van der Waals surface area contributed by atoms with Crippen molar-refractivity contribution < 1.29 is 14.7 Å². The molecule has 1 heterocycles. The Kier molecular flexibility index (Phi) is 2.16. The van der Waals surface area contributed by atoms with Gasteiger partial charge in [-0.05, 0) is 0 Å². The first-order valence-electron chi connectivity index (χ1n) is 2.81. The van der Waals surface area contributed by atoms with E-state index in [9.17, 15) is 9.59 Å². The van der Waals surface area contributed by atoms with Crippen LogP contribution >= 0.6 is 11.8 Å². The van der Waals surface area contributed by atoms with Crippen LogP contribution in [0.1, 0.15) is 6.42 Å². The summed E-state index contributed by atoms with van der Waals surface area (Å²) in [5.74, 6) is -0.543. The number of amides is 1. The maximum atomic E-state index is 10.7. The SMILES string of the molecule is O=C(O)CC1SCNC1=O. The molecule has 0 bridgehead atoms. The molecule has 1 saturated heterocycles. The van der Waals surface area contributed by atoms with E-state index < -0.39 is 5.97 Å². The quantitative estimate of drug-likeness (QED) is 0.581. The first-order valence-corrected chi connectivity index (χ1v) is 3.86. The highest BCUT2D eigenvalue weighted by atomic mass is 32.2. The van der Waals surface area contributed by atoms with Crippen molar-refractivity contribution in [2.45, 2.75) is 11.7 Å². The minimum atomic E-state index is -0.922. The Bertz CT molecular complexity index is 170. The van der Waals surface area contributed by atoms with Gasteiger partial charge in [0.2, 0.25) is 5.91 Å². The second-order valence-corrected chi connectivity index (χ2v) is 3.13. The van der Waals surface area contributed by atoms with Crippen LogP contribution in [0, 0.1) is 0 Å². The third-order valence-corrected chi connectivity index (χ3v) is 2.28. The molecule has 10 heavy (non-hydrogen) atoms. The van der Waals surface area contributed by atoms with Gasteiger partial charge < -0.3 is 10.4 Å². The van der Waals surface area contributed by atoms with Gasteiger partial charge in [0.25, 0.3) is 0 Å². The van der Waals surface area contributed by atoms with Crippen molar-refractivity contribution in [3.8, 4) is 0 Å². The fraction of sp³-hybridized carbons (Fsp3) is 0.600. The van der Waals surface area contributed by atoms with E-state index in [-0.39, 0.29) is 17.6 Å². The van der Waals surface area contributed by atoms with Crippen LogP contribution in [-0.2, 0) is 9.59 Å². The third-order valence-electron chi connectivity index (χ3n) is 1.18. The molecule has 1 unspecified atom stereocenters. The van der Waals surface area contributed by atoms with Gasteiger partial charge in [-0.25, -0.2) is 0 Å². The van der Waals surface area contributed by atoms with Crippen molar-refractivity contribution in [2.24, 2.45) is 0 Å². The average Bonchev–Trinajstić information content (AvgIpc) is 2.15. The van der Waals surface area contributed by atoms with E-state index in [2.05, 4.69) is 5.32 Å². The Balaban J connectivity index is 2.40. The monoisotopic (exact) mass is 161 g/mol. The van der Waals surface area contributed by atoms with Crippen molar-refractivity contribution in [1.29, 1.82) is 0 Å². The predicted molar refractivity (Wildman–Crippen MR) is 36.6 cm³/mol. The Morgan fingerprint density at radius 3 is 3.00 bits per heavy atom. The molecule has 0 radical (unpaired) electrons. The molecule has 0 spiro atoms. The summed E-state index contributed by atoms with van der Waals surface area (Å²) in [5.41, 5.74) is 0. The van der Waals surface area contributed by atoms with Crippen LogP contribution < -0.4 is 5.32 Å². The number of carboxylic acids is 1. The van der Waals surface area contributed by atoms with E-state index in [1.54, 1.807) is 0 Å². The van der Waals surface area contributed by atoms with E-state index >= 15 is 0 Å². The summed E-state index contributed by atoms with van der Waals surface area (Å²) in [6.07, 6.45) is -0.0729. The molecule has 0 aromatic rings. The zero-order valence-corrected chi connectivity index (χ0v) is 5.98. The van der Waals surface area contributed by atoms with Gasteiger partial charge in [-0.1, -0.05) is 0 Å². The predicted octanol–water partition coefficient (Wildman–Crippen LogP) is -0.350. The maximum Gasteiger partial charge on any atom is 0.305 e. The molecule has 5 heteroatoms. The number of rotatable bonds is 2. The highest BCUT2D eigenvalue weighted by molar-refractivity contribution is 8.01. The Morgan fingerprint density at radius 2 is 2.60 bits per heavy atom. The van der Waals surface area contributed by atoms with Crippen molar-refractivity contribution in [3.05, 3.63) is 0 Å². The molecule has 56 valence electrons. The van der Waals surface area contributed by atoms with E-state index in [0.29, 0.717) is 5.88 Å². The molecule has 1 rings (SSSR count).